The molecule has 0 heterocycles. The molecular weight excluding hydrogens is 88.1 g/mol. The Bertz CT molecular complexity index is 57.1. The van der Waals surface area contributed by atoms with Gasteiger partial charge in [-0.2, -0.15) is 10.2 Å². The highest BCUT2D eigenvalue weighted by molar-refractivity contribution is 4.42. The summed E-state index contributed by atoms with van der Waals surface area (Å²) in [7, 11) is 0. The molecule has 0 aromatic carbocycles. The fraction of sp³-hybridized carbons (Fsp3) is 1.00. The van der Waals surface area contributed by atoms with Crippen LogP contribution in [0.5, 0.6) is 0 Å². The van der Waals surface area contributed by atoms with E-state index in [2.05, 4.69) is 10.2 Å². The summed E-state index contributed by atoms with van der Waals surface area (Å²) in [5.41, 5.74) is 0. The fourth-order valence-electron chi connectivity index (χ4n) is 0.245. The lowest BCUT2D eigenvalue weighted by Gasteiger charge is -1.88. The van der Waals surface area contributed by atoms with Crippen LogP contribution in [0.2, 0.25) is 0 Å². The van der Waals surface area contributed by atoms with Crippen molar-refractivity contribution in [1.82, 2.24) is 0 Å². The third kappa shape index (κ3) is 5.60. The lowest BCUT2D eigenvalue weighted by Crippen LogP contribution is -1.84. The molecule has 42 valence electrons. The van der Waals surface area contributed by atoms with Crippen LogP contribution in [0.4, 0.5) is 0 Å². The van der Waals surface area contributed by atoms with Gasteiger partial charge in [-0.25, -0.2) is 0 Å². The Kier molecular flexibility index (Phi) is 3.56. The Labute approximate surface area is 44.6 Å². The molecule has 0 aliphatic heterocycles. The Morgan fingerprint density at radius 2 is 2.00 bits per heavy atom. The van der Waals surface area contributed by atoms with Gasteiger partial charge < -0.3 is 0 Å². The first-order chi connectivity index (χ1) is 3.27. The lowest BCUT2D eigenvalue weighted by molar-refractivity contribution is 0.746. The molecule has 0 fully saturated rings. The second kappa shape index (κ2) is 3.78. The minimum absolute atomic E-state index is 0.361. The number of rotatable bonds is 2. The summed E-state index contributed by atoms with van der Waals surface area (Å²) in [6.45, 7) is 6.81. The summed E-state index contributed by atoms with van der Waals surface area (Å²) in [5, 5.41) is 7.66. The number of azo groups is 1. The molecule has 0 atom stereocenters. The van der Waals surface area contributed by atoms with Crippen LogP contribution in [0.1, 0.15) is 20.8 Å². The van der Waals surface area contributed by atoms with Gasteiger partial charge in [0, 0.05) is 0 Å². The summed E-state index contributed by atoms with van der Waals surface area (Å²) in [5.74, 6) is 0. The molecular formula is C5H12N2. The first kappa shape index (κ1) is 6.60. The van der Waals surface area contributed by atoms with Crippen molar-refractivity contribution >= 4 is 0 Å². The molecule has 0 aliphatic carbocycles. The van der Waals surface area contributed by atoms with Crippen LogP contribution in [-0.4, -0.2) is 12.6 Å². The van der Waals surface area contributed by atoms with Gasteiger partial charge >= 0.3 is 0 Å². The van der Waals surface area contributed by atoms with E-state index in [-0.39, 0.29) is 0 Å². The van der Waals surface area contributed by atoms with E-state index in [0.29, 0.717) is 6.04 Å². The van der Waals surface area contributed by atoms with E-state index in [1.165, 1.54) is 0 Å². The van der Waals surface area contributed by atoms with Crippen molar-refractivity contribution in [2.45, 2.75) is 26.8 Å². The predicted octanol–water partition coefficient (Wildman–Crippen LogP) is 1.87. The SMILES string of the molecule is CCN=NC(C)C. The van der Waals surface area contributed by atoms with Gasteiger partial charge in [-0.1, -0.05) is 0 Å². The fourth-order valence-corrected chi connectivity index (χ4v) is 0.245. The van der Waals surface area contributed by atoms with Crippen molar-refractivity contribution in [2.24, 2.45) is 10.2 Å². The van der Waals surface area contributed by atoms with E-state index in [4.69, 9.17) is 0 Å². The number of nitrogens with zero attached hydrogens (tertiary/aromatic N) is 2. The van der Waals surface area contributed by atoms with Crippen molar-refractivity contribution in [3.05, 3.63) is 0 Å². The third-order valence-electron chi connectivity index (χ3n) is 0.454. The van der Waals surface area contributed by atoms with Crippen LogP contribution >= 0.6 is 0 Å². The highest BCUT2D eigenvalue weighted by Crippen LogP contribution is 1.85. The van der Waals surface area contributed by atoms with E-state index in [1.54, 1.807) is 0 Å². The zero-order valence-electron chi connectivity index (χ0n) is 5.18. The van der Waals surface area contributed by atoms with Crippen LogP contribution in [0.3, 0.4) is 0 Å². The molecule has 0 bridgehead atoms. The molecule has 0 amide bonds. The van der Waals surface area contributed by atoms with Crippen molar-refractivity contribution in [1.29, 1.82) is 0 Å². The Hall–Kier alpha value is -0.400. The van der Waals surface area contributed by atoms with Gasteiger partial charge in [-0.15, -0.1) is 0 Å². The topological polar surface area (TPSA) is 24.7 Å². The molecule has 0 saturated heterocycles. The molecule has 0 saturated carbocycles. The van der Waals surface area contributed by atoms with Gasteiger partial charge in [0.05, 0.1) is 12.6 Å². The van der Waals surface area contributed by atoms with E-state index < -0.39 is 0 Å². The first-order valence-corrected chi connectivity index (χ1v) is 2.64. The first-order valence-electron chi connectivity index (χ1n) is 2.64. The largest absolute Gasteiger partial charge is 0.194 e. The number of hydrogen-bond donors (Lipinski definition) is 0. The van der Waals surface area contributed by atoms with E-state index in [9.17, 15) is 0 Å². The van der Waals surface area contributed by atoms with Gasteiger partial charge in [-0.05, 0) is 20.8 Å². The van der Waals surface area contributed by atoms with Gasteiger partial charge in [0.2, 0.25) is 0 Å². The second-order valence-electron chi connectivity index (χ2n) is 1.67. The molecule has 0 aliphatic rings. The molecule has 0 unspecified atom stereocenters. The van der Waals surface area contributed by atoms with E-state index >= 15 is 0 Å². The summed E-state index contributed by atoms with van der Waals surface area (Å²) in [6, 6.07) is 0.361. The minimum Gasteiger partial charge on any atom is -0.194 e. The summed E-state index contributed by atoms with van der Waals surface area (Å²) < 4.78 is 0. The average molecular weight is 100 g/mol. The highest BCUT2D eigenvalue weighted by atomic mass is 15.1. The Balaban J connectivity index is 3.08. The van der Waals surface area contributed by atoms with Crippen molar-refractivity contribution in [2.75, 3.05) is 6.54 Å². The van der Waals surface area contributed by atoms with Crippen molar-refractivity contribution < 1.29 is 0 Å². The Morgan fingerprint density at radius 1 is 1.43 bits per heavy atom. The zero-order chi connectivity index (χ0) is 5.70. The van der Waals surface area contributed by atoms with Crippen LogP contribution in [0.25, 0.3) is 0 Å². The predicted molar refractivity (Wildman–Crippen MR) is 30.5 cm³/mol. The maximum Gasteiger partial charge on any atom is 0.0652 e. The molecule has 2 nitrogen and oxygen atoms in total. The molecule has 0 spiro atoms. The van der Waals surface area contributed by atoms with Crippen molar-refractivity contribution in [3.8, 4) is 0 Å². The van der Waals surface area contributed by atoms with Crippen LogP contribution in [0, 0.1) is 0 Å². The molecule has 0 aromatic heterocycles. The van der Waals surface area contributed by atoms with Gasteiger partial charge in [0.25, 0.3) is 0 Å². The Morgan fingerprint density at radius 3 is 2.14 bits per heavy atom. The molecule has 0 radical (unpaired) electrons. The van der Waals surface area contributed by atoms with Crippen LogP contribution in [0.15, 0.2) is 10.2 Å². The number of hydrogen-bond acceptors (Lipinski definition) is 2. The van der Waals surface area contributed by atoms with Crippen LogP contribution < -0.4 is 0 Å². The van der Waals surface area contributed by atoms with Gasteiger partial charge in [0.1, 0.15) is 0 Å². The highest BCUT2D eigenvalue weighted by Gasteiger charge is 1.80. The molecule has 7 heavy (non-hydrogen) atoms. The normalized spacial score (nSPS) is 11.4. The van der Waals surface area contributed by atoms with Crippen LogP contribution in [-0.2, 0) is 0 Å². The lowest BCUT2D eigenvalue weighted by atomic mass is 10.4. The summed E-state index contributed by atoms with van der Waals surface area (Å²) in [4.78, 5) is 0. The maximum absolute atomic E-state index is 3.87. The smallest absolute Gasteiger partial charge is 0.0652 e. The van der Waals surface area contributed by atoms with Crippen molar-refractivity contribution in [3.63, 3.8) is 0 Å². The minimum atomic E-state index is 0.361. The summed E-state index contributed by atoms with van der Waals surface area (Å²) in [6.07, 6.45) is 0. The molecule has 2 heteroatoms. The zero-order valence-corrected chi connectivity index (χ0v) is 5.18. The second-order valence-corrected chi connectivity index (χ2v) is 1.67. The molecule has 0 aromatic rings. The van der Waals surface area contributed by atoms with E-state index in [0.717, 1.165) is 6.54 Å². The third-order valence-corrected chi connectivity index (χ3v) is 0.454. The quantitative estimate of drug-likeness (QED) is 0.473. The molecule has 0 rings (SSSR count). The monoisotopic (exact) mass is 100 g/mol. The maximum atomic E-state index is 3.87. The summed E-state index contributed by atoms with van der Waals surface area (Å²) >= 11 is 0. The average Bonchev–Trinajstić information content (AvgIpc) is 1.61. The van der Waals surface area contributed by atoms with Gasteiger partial charge in [-0.3, -0.25) is 0 Å². The molecule has 0 N–H and O–H groups in total. The van der Waals surface area contributed by atoms with E-state index in [1.807, 2.05) is 20.8 Å². The standard InChI is InChI=1S/C5H12N2/c1-4-6-7-5(2)3/h5H,4H2,1-3H3. The van der Waals surface area contributed by atoms with Gasteiger partial charge in [0.15, 0.2) is 0 Å².